The number of halogens is 1. The third kappa shape index (κ3) is 5.98. The highest BCUT2D eigenvalue weighted by molar-refractivity contribution is 6.00. The van der Waals surface area contributed by atoms with Gasteiger partial charge in [0.25, 0.3) is 0 Å². The number of aromatic amines is 2. The predicted octanol–water partition coefficient (Wildman–Crippen LogP) is 6.83. The summed E-state index contributed by atoms with van der Waals surface area (Å²) in [7, 11) is 0. The van der Waals surface area contributed by atoms with E-state index in [1.165, 1.54) is 49.8 Å². The third-order valence-electron chi connectivity index (χ3n) is 9.22. The monoisotopic (exact) mass is 616 g/mol. The van der Waals surface area contributed by atoms with E-state index in [1.807, 2.05) is 36.8 Å². The van der Waals surface area contributed by atoms with Crippen molar-refractivity contribution in [2.45, 2.75) is 38.6 Å². The first-order chi connectivity index (χ1) is 22.7. The highest BCUT2D eigenvalue weighted by Crippen LogP contribution is 2.35. The lowest BCUT2D eigenvalue weighted by atomic mass is 10.0. The number of nitrogens with one attached hydrogen (secondary N) is 2. The molecule has 46 heavy (non-hydrogen) atoms. The molecular weight excluding hydrogens is 579 g/mol. The van der Waals surface area contributed by atoms with Gasteiger partial charge in [-0.3, -0.25) is 24.9 Å². The molecule has 2 fully saturated rings. The maximum atomic E-state index is 14.8. The fourth-order valence-electron chi connectivity index (χ4n) is 6.87. The Bertz CT molecular complexity index is 1990. The van der Waals surface area contributed by atoms with Crippen molar-refractivity contribution in [3.8, 4) is 39.5 Å². The van der Waals surface area contributed by atoms with Crippen molar-refractivity contribution in [3.05, 3.63) is 78.6 Å². The zero-order chi connectivity index (χ0) is 30.9. The first kappa shape index (κ1) is 28.8. The van der Waals surface area contributed by atoms with E-state index >= 15 is 0 Å². The van der Waals surface area contributed by atoms with Crippen LogP contribution in [0.5, 0.6) is 5.75 Å². The summed E-state index contributed by atoms with van der Waals surface area (Å²) in [6.07, 6.45) is 13.8. The molecule has 2 aliphatic heterocycles. The zero-order valence-corrected chi connectivity index (χ0v) is 25.8. The van der Waals surface area contributed by atoms with Crippen LogP contribution in [0, 0.1) is 5.82 Å². The van der Waals surface area contributed by atoms with Gasteiger partial charge in [-0.25, -0.2) is 9.37 Å². The van der Waals surface area contributed by atoms with Gasteiger partial charge >= 0.3 is 0 Å². The van der Waals surface area contributed by atoms with Crippen molar-refractivity contribution in [1.29, 1.82) is 0 Å². The molecule has 6 aromatic rings. The Morgan fingerprint density at radius 2 is 1.59 bits per heavy atom. The number of fused-ring (bicyclic) bond motifs is 2. The SMILES string of the molecule is Fc1cc(OCCN2CCCC2)cc(-c2nccc3[nH]c(-c4n[nH]c5ncc(-c6cncc(CN7CCCCC7)c6)cc45)cc23)c1. The molecule has 1 aromatic carbocycles. The largest absolute Gasteiger partial charge is 0.492 e. The summed E-state index contributed by atoms with van der Waals surface area (Å²) < 4.78 is 20.8. The van der Waals surface area contributed by atoms with E-state index in [9.17, 15) is 4.39 Å². The number of ether oxygens (including phenoxy) is 1. The molecule has 0 atom stereocenters. The minimum atomic E-state index is -0.352. The fraction of sp³-hybridized carbons (Fsp3) is 0.333. The number of H-pyrrole nitrogens is 2. The van der Waals surface area contributed by atoms with Crippen molar-refractivity contribution in [2.75, 3.05) is 39.3 Å². The van der Waals surface area contributed by atoms with Crippen LogP contribution in [0.2, 0.25) is 0 Å². The number of benzene rings is 1. The molecule has 0 amide bonds. The predicted molar refractivity (Wildman–Crippen MR) is 178 cm³/mol. The van der Waals surface area contributed by atoms with E-state index in [1.54, 1.807) is 6.20 Å². The second kappa shape index (κ2) is 12.6. The van der Waals surface area contributed by atoms with Gasteiger partial charge in [0.05, 0.1) is 11.4 Å². The molecule has 2 N–H and O–H groups in total. The second-order valence-corrected chi connectivity index (χ2v) is 12.5. The lowest BCUT2D eigenvalue weighted by Gasteiger charge is -2.26. The van der Waals surface area contributed by atoms with E-state index < -0.39 is 0 Å². The third-order valence-corrected chi connectivity index (χ3v) is 9.22. The molecule has 0 aliphatic carbocycles. The van der Waals surface area contributed by atoms with Crippen molar-refractivity contribution < 1.29 is 9.13 Å². The van der Waals surface area contributed by atoms with Gasteiger partial charge in [-0.15, -0.1) is 0 Å². The highest BCUT2D eigenvalue weighted by atomic mass is 19.1. The van der Waals surface area contributed by atoms with Gasteiger partial charge in [0, 0.05) is 76.9 Å². The molecule has 7 heterocycles. The summed E-state index contributed by atoms with van der Waals surface area (Å²) in [6.45, 7) is 6.77. The molecule has 0 spiro atoms. The molecule has 8 rings (SSSR count). The summed E-state index contributed by atoms with van der Waals surface area (Å²) in [5.74, 6) is 0.157. The van der Waals surface area contributed by atoms with Crippen LogP contribution in [-0.2, 0) is 6.54 Å². The molecule has 0 radical (unpaired) electrons. The molecule has 234 valence electrons. The van der Waals surface area contributed by atoms with E-state index in [0.29, 0.717) is 29.3 Å². The molecule has 5 aromatic heterocycles. The van der Waals surface area contributed by atoms with Crippen LogP contribution in [0.4, 0.5) is 4.39 Å². The van der Waals surface area contributed by atoms with Gasteiger partial charge in [0.1, 0.15) is 23.9 Å². The number of likely N-dealkylation sites (tertiary alicyclic amines) is 2. The zero-order valence-electron chi connectivity index (χ0n) is 25.8. The normalized spacial score (nSPS) is 16.1. The van der Waals surface area contributed by atoms with Crippen LogP contribution < -0.4 is 4.74 Å². The summed E-state index contributed by atoms with van der Waals surface area (Å²) in [5, 5.41) is 9.51. The Morgan fingerprint density at radius 3 is 2.48 bits per heavy atom. The second-order valence-electron chi connectivity index (χ2n) is 12.5. The van der Waals surface area contributed by atoms with Gasteiger partial charge in [0.15, 0.2) is 5.65 Å². The standard InChI is InChI=1S/C36H37FN8O/c37-28-15-25(16-29(18-28)46-13-12-44-8-4-5-9-44)34-30-19-33(41-32(30)6-7-39-34)35-31-17-27(22-40-36(31)43-42-35)26-14-24(20-38-21-26)23-45-10-2-1-3-11-45/h6-7,14-22,41H,1-5,8-13,23H2,(H,40,42,43). The number of pyridine rings is 3. The number of aromatic nitrogens is 6. The average molecular weight is 617 g/mol. The number of piperidine rings is 1. The Morgan fingerprint density at radius 1 is 0.761 bits per heavy atom. The fourth-order valence-corrected chi connectivity index (χ4v) is 6.87. The van der Waals surface area contributed by atoms with E-state index in [2.05, 4.69) is 47.1 Å². The van der Waals surface area contributed by atoms with Crippen LogP contribution in [0.1, 0.15) is 37.7 Å². The summed E-state index contributed by atoms with van der Waals surface area (Å²) in [4.78, 5) is 22.3. The number of hydrogen-bond donors (Lipinski definition) is 2. The summed E-state index contributed by atoms with van der Waals surface area (Å²) in [5.41, 5.74) is 7.74. The lowest BCUT2D eigenvalue weighted by Crippen LogP contribution is -2.29. The van der Waals surface area contributed by atoms with Crippen LogP contribution in [0.15, 0.2) is 67.3 Å². The van der Waals surface area contributed by atoms with Crippen molar-refractivity contribution in [2.24, 2.45) is 0 Å². The van der Waals surface area contributed by atoms with E-state index in [-0.39, 0.29) is 5.82 Å². The first-order valence-corrected chi connectivity index (χ1v) is 16.3. The van der Waals surface area contributed by atoms with E-state index in [0.717, 1.165) is 78.1 Å². The number of nitrogens with zero attached hydrogens (tertiary/aromatic N) is 6. The number of rotatable bonds is 9. The highest BCUT2D eigenvalue weighted by Gasteiger charge is 2.18. The van der Waals surface area contributed by atoms with Gasteiger partial charge in [-0.1, -0.05) is 6.42 Å². The van der Waals surface area contributed by atoms with Crippen LogP contribution in [-0.4, -0.2) is 79.3 Å². The summed E-state index contributed by atoms with van der Waals surface area (Å²) in [6, 6.07) is 13.1. The minimum absolute atomic E-state index is 0.352. The maximum absolute atomic E-state index is 14.8. The molecule has 2 aliphatic rings. The van der Waals surface area contributed by atoms with Gasteiger partial charge < -0.3 is 9.72 Å². The molecule has 10 heteroatoms. The quantitative estimate of drug-likeness (QED) is 0.184. The molecule has 9 nitrogen and oxygen atoms in total. The molecule has 0 saturated carbocycles. The molecule has 0 bridgehead atoms. The maximum Gasteiger partial charge on any atom is 0.155 e. The minimum Gasteiger partial charge on any atom is -0.492 e. The van der Waals surface area contributed by atoms with E-state index in [4.69, 9.17) is 9.72 Å². The number of hydrogen-bond acceptors (Lipinski definition) is 7. The average Bonchev–Trinajstić information content (AvgIpc) is 3.85. The van der Waals surface area contributed by atoms with Crippen molar-refractivity contribution in [3.63, 3.8) is 0 Å². The van der Waals surface area contributed by atoms with Gasteiger partial charge in [-0.2, -0.15) is 5.10 Å². The Labute approximate surface area is 266 Å². The van der Waals surface area contributed by atoms with Crippen LogP contribution in [0.25, 0.3) is 55.7 Å². The smallest absolute Gasteiger partial charge is 0.155 e. The van der Waals surface area contributed by atoms with Crippen LogP contribution in [0.3, 0.4) is 0 Å². The van der Waals surface area contributed by atoms with Crippen molar-refractivity contribution in [1.82, 2.24) is 39.9 Å². The Balaban J connectivity index is 1.08. The molecular formula is C36H37FN8O. The van der Waals surface area contributed by atoms with Gasteiger partial charge in [0.2, 0.25) is 0 Å². The summed E-state index contributed by atoms with van der Waals surface area (Å²) >= 11 is 0. The molecule has 0 unspecified atom stereocenters. The Kier molecular flexibility index (Phi) is 7.89. The first-order valence-electron chi connectivity index (χ1n) is 16.3. The Hall–Kier alpha value is -4.67. The van der Waals surface area contributed by atoms with Crippen LogP contribution >= 0.6 is 0 Å². The van der Waals surface area contributed by atoms with Gasteiger partial charge in [-0.05, 0) is 93.8 Å². The van der Waals surface area contributed by atoms with Crippen molar-refractivity contribution >= 4 is 21.9 Å². The topological polar surface area (TPSA) is 98.8 Å². The lowest BCUT2D eigenvalue weighted by molar-refractivity contribution is 0.220. The molecule has 2 saturated heterocycles.